The molecule has 1 aromatic rings. The normalized spacial score (nSPS) is 20.2. The van der Waals surface area contributed by atoms with Crippen molar-refractivity contribution in [2.45, 2.75) is 70.6 Å². The average Bonchev–Trinajstić information content (AvgIpc) is 2.33. The van der Waals surface area contributed by atoms with E-state index in [0.29, 0.717) is 0 Å². The Bertz CT molecular complexity index is 671. The molecule has 0 spiro atoms. The summed E-state index contributed by atoms with van der Waals surface area (Å²) in [5.41, 5.74) is -0.991. The Hall–Kier alpha value is -1.89. The molecule has 1 saturated heterocycles. The van der Waals surface area contributed by atoms with E-state index in [2.05, 4.69) is 43.3 Å². The molecule has 0 bridgehead atoms. The summed E-state index contributed by atoms with van der Waals surface area (Å²) in [5, 5.41) is 6.64. The van der Waals surface area contributed by atoms with Crippen molar-refractivity contribution in [3.05, 3.63) is 33.1 Å². The highest BCUT2D eigenvalue weighted by atomic mass is 16.2. The van der Waals surface area contributed by atoms with Gasteiger partial charge in [0.1, 0.15) is 0 Å². The largest absolute Gasteiger partial charge is 0.353 e. The molecule has 0 saturated carbocycles. The fourth-order valence-electron chi connectivity index (χ4n) is 3.57. The number of aromatic nitrogens is 2. The van der Waals surface area contributed by atoms with Gasteiger partial charge in [-0.1, -0.05) is 0 Å². The maximum Gasteiger partial charge on any atom is 0.328 e. The zero-order valence-corrected chi connectivity index (χ0v) is 14.2. The van der Waals surface area contributed by atoms with Crippen LogP contribution in [0, 0.1) is 0 Å². The van der Waals surface area contributed by atoms with Gasteiger partial charge < -0.3 is 15.2 Å². The molecule has 0 aliphatic carbocycles. The van der Waals surface area contributed by atoms with Crippen molar-refractivity contribution >= 4 is 5.91 Å². The maximum atomic E-state index is 12.2. The van der Waals surface area contributed by atoms with Gasteiger partial charge >= 0.3 is 5.69 Å². The highest BCUT2D eigenvalue weighted by molar-refractivity contribution is 5.76. The summed E-state index contributed by atoms with van der Waals surface area (Å²) < 4.78 is 1.33. The molecule has 0 atom stereocenters. The van der Waals surface area contributed by atoms with Crippen LogP contribution in [-0.4, -0.2) is 32.6 Å². The van der Waals surface area contributed by atoms with Crippen LogP contribution in [-0.2, 0) is 11.3 Å². The van der Waals surface area contributed by atoms with Crippen LogP contribution in [0.3, 0.4) is 0 Å². The van der Waals surface area contributed by atoms with Crippen LogP contribution in [0.2, 0.25) is 0 Å². The third kappa shape index (κ3) is 5.06. The first kappa shape index (κ1) is 17.5. The number of carbonyl (C=O) groups is 1. The van der Waals surface area contributed by atoms with E-state index in [1.165, 1.54) is 16.8 Å². The fraction of sp³-hybridized carbons (Fsp3) is 0.688. The van der Waals surface area contributed by atoms with Crippen LogP contribution in [0.25, 0.3) is 0 Å². The first-order chi connectivity index (χ1) is 10.6. The van der Waals surface area contributed by atoms with Gasteiger partial charge in [-0.25, -0.2) is 4.79 Å². The van der Waals surface area contributed by atoms with Gasteiger partial charge in [-0.2, -0.15) is 0 Å². The molecule has 1 aliphatic heterocycles. The number of nitrogens with one attached hydrogen (secondary N) is 3. The standard InChI is InChI=1S/C16H26N4O3/c1-15(2)9-11(10-16(3,4)19-15)17-12(21)5-7-20-8-6-13(22)18-14(20)23/h6,8,11,19H,5,7,9-10H2,1-4H3,(H,17,21)(H,18,22,23). The van der Waals surface area contributed by atoms with Crippen molar-refractivity contribution in [2.24, 2.45) is 0 Å². The molecular formula is C16H26N4O3. The minimum Gasteiger partial charge on any atom is -0.353 e. The van der Waals surface area contributed by atoms with Crippen LogP contribution in [0.1, 0.15) is 47.0 Å². The lowest BCUT2D eigenvalue weighted by atomic mass is 9.79. The Morgan fingerprint density at radius 3 is 2.43 bits per heavy atom. The van der Waals surface area contributed by atoms with Crippen molar-refractivity contribution in [2.75, 3.05) is 0 Å². The minimum atomic E-state index is -0.491. The summed E-state index contributed by atoms with van der Waals surface area (Å²) in [6.45, 7) is 8.78. The number of hydrogen-bond donors (Lipinski definition) is 3. The molecule has 7 heteroatoms. The first-order valence-corrected chi connectivity index (χ1v) is 7.95. The van der Waals surface area contributed by atoms with Crippen LogP contribution in [0.4, 0.5) is 0 Å². The summed E-state index contributed by atoms with van der Waals surface area (Å²) in [5.74, 6) is -0.0819. The first-order valence-electron chi connectivity index (χ1n) is 7.95. The third-order valence-electron chi connectivity index (χ3n) is 4.03. The second-order valence-electron chi connectivity index (χ2n) is 7.62. The highest BCUT2D eigenvalue weighted by Gasteiger charge is 2.38. The van der Waals surface area contributed by atoms with Crippen molar-refractivity contribution < 1.29 is 4.79 Å². The quantitative estimate of drug-likeness (QED) is 0.745. The van der Waals surface area contributed by atoms with E-state index < -0.39 is 11.2 Å². The zero-order chi connectivity index (χ0) is 17.3. The Morgan fingerprint density at radius 2 is 1.87 bits per heavy atom. The number of rotatable bonds is 4. The topological polar surface area (TPSA) is 96.0 Å². The molecule has 0 unspecified atom stereocenters. The number of carbonyl (C=O) groups excluding carboxylic acids is 1. The van der Waals surface area contributed by atoms with E-state index in [1.807, 2.05) is 0 Å². The van der Waals surface area contributed by atoms with E-state index in [0.717, 1.165) is 12.8 Å². The monoisotopic (exact) mass is 322 g/mol. The lowest BCUT2D eigenvalue weighted by molar-refractivity contribution is -0.122. The van der Waals surface area contributed by atoms with Gasteiger partial charge in [0.05, 0.1) is 0 Å². The number of piperidine rings is 1. The SMILES string of the molecule is CC1(C)CC(NC(=O)CCn2ccc(=O)[nH]c2=O)CC(C)(C)N1. The molecular weight excluding hydrogens is 296 g/mol. The predicted molar refractivity (Wildman–Crippen MR) is 88.4 cm³/mol. The van der Waals surface area contributed by atoms with E-state index in [1.54, 1.807) is 0 Å². The lowest BCUT2D eigenvalue weighted by Crippen LogP contribution is -2.62. The van der Waals surface area contributed by atoms with Gasteiger partial charge in [-0.15, -0.1) is 0 Å². The molecule has 2 rings (SSSR count). The van der Waals surface area contributed by atoms with Gasteiger partial charge in [-0.05, 0) is 40.5 Å². The van der Waals surface area contributed by atoms with Crippen LogP contribution < -0.4 is 21.9 Å². The summed E-state index contributed by atoms with van der Waals surface area (Å²) in [7, 11) is 0. The smallest absolute Gasteiger partial charge is 0.328 e. The molecule has 7 nitrogen and oxygen atoms in total. The lowest BCUT2D eigenvalue weighted by Gasteiger charge is -2.46. The number of nitrogens with zero attached hydrogens (tertiary/aromatic N) is 1. The van der Waals surface area contributed by atoms with E-state index in [-0.39, 0.29) is 36.0 Å². The van der Waals surface area contributed by atoms with Gasteiger partial charge in [0.15, 0.2) is 0 Å². The Morgan fingerprint density at radius 1 is 1.26 bits per heavy atom. The predicted octanol–water partition coefficient (Wildman–Crippen LogP) is 0.352. The van der Waals surface area contributed by atoms with Crippen molar-refractivity contribution in [1.29, 1.82) is 0 Å². The summed E-state index contributed by atoms with van der Waals surface area (Å²) in [4.78, 5) is 36.9. The molecule has 1 aromatic heterocycles. The summed E-state index contributed by atoms with van der Waals surface area (Å²) in [6.07, 6.45) is 3.34. The number of H-pyrrole nitrogens is 1. The molecule has 1 aliphatic rings. The maximum absolute atomic E-state index is 12.2. The molecule has 0 aromatic carbocycles. The average molecular weight is 322 g/mol. The minimum absolute atomic E-state index is 0.0322. The van der Waals surface area contributed by atoms with E-state index in [9.17, 15) is 14.4 Å². The van der Waals surface area contributed by atoms with Crippen molar-refractivity contribution in [1.82, 2.24) is 20.2 Å². The molecule has 1 amide bonds. The number of aromatic amines is 1. The second-order valence-corrected chi connectivity index (χ2v) is 7.62. The highest BCUT2D eigenvalue weighted by Crippen LogP contribution is 2.28. The summed E-state index contributed by atoms with van der Waals surface area (Å²) >= 11 is 0. The van der Waals surface area contributed by atoms with Gasteiger partial charge in [0.2, 0.25) is 5.91 Å². The van der Waals surface area contributed by atoms with Crippen LogP contribution >= 0.6 is 0 Å². The Labute approximate surface area is 135 Å². The molecule has 1 fully saturated rings. The number of hydrogen-bond acceptors (Lipinski definition) is 4. The van der Waals surface area contributed by atoms with Crippen molar-refractivity contribution in [3.63, 3.8) is 0 Å². The second kappa shape index (κ2) is 6.31. The molecule has 0 radical (unpaired) electrons. The van der Waals surface area contributed by atoms with Gasteiger partial charge in [-0.3, -0.25) is 14.6 Å². The van der Waals surface area contributed by atoms with Gasteiger partial charge in [0.25, 0.3) is 5.56 Å². The van der Waals surface area contributed by atoms with Crippen molar-refractivity contribution in [3.8, 4) is 0 Å². The Balaban J connectivity index is 1.92. The third-order valence-corrected chi connectivity index (χ3v) is 4.03. The summed E-state index contributed by atoms with van der Waals surface area (Å²) in [6, 6.07) is 1.39. The molecule has 3 N–H and O–H groups in total. The molecule has 2 heterocycles. The fourth-order valence-corrected chi connectivity index (χ4v) is 3.57. The molecule has 128 valence electrons. The Kier molecular flexibility index (Phi) is 4.79. The van der Waals surface area contributed by atoms with Crippen LogP contribution in [0.15, 0.2) is 21.9 Å². The zero-order valence-electron chi connectivity index (χ0n) is 14.2. The van der Waals surface area contributed by atoms with E-state index in [4.69, 9.17) is 0 Å². The van der Waals surface area contributed by atoms with E-state index >= 15 is 0 Å². The number of amides is 1. The van der Waals surface area contributed by atoms with Gasteiger partial charge in [0, 0.05) is 42.3 Å². The van der Waals surface area contributed by atoms with Crippen LogP contribution in [0.5, 0.6) is 0 Å². The molecule has 23 heavy (non-hydrogen) atoms. The number of aryl methyl sites for hydroxylation is 1.